The fourth-order valence-electron chi connectivity index (χ4n) is 4.20. The number of nitriles is 1. The van der Waals surface area contributed by atoms with Crippen molar-refractivity contribution < 1.29 is 9.53 Å². The Morgan fingerprint density at radius 3 is 2.79 bits per heavy atom. The molecule has 5 nitrogen and oxygen atoms in total. The predicted octanol–water partition coefficient (Wildman–Crippen LogP) is 4.36. The van der Waals surface area contributed by atoms with Gasteiger partial charge < -0.3 is 15.0 Å². The molecule has 0 bridgehead atoms. The van der Waals surface area contributed by atoms with E-state index in [0.717, 1.165) is 28.2 Å². The molecule has 0 radical (unpaired) electrons. The number of ether oxygens (including phenoxy) is 1. The summed E-state index contributed by atoms with van der Waals surface area (Å²) in [5.74, 6) is 1.17. The smallest absolute Gasteiger partial charge is 0.232 e. The number of carbonyl (C=O) groups excluding carboxylic acids is 1. The predicted molar refractivity (Wildman–Crippen MR) is 115 cm³/mol. The number of allylic oxidation sites excluding steroid dienone is 4. The summed E-state index contributed by atoms with van der Waals surface area (Å²) in [7, 11) is 1.66. The second-order valence-electron chi connectivity index (χ2n) is 8.30. The molecule has 2 aliphatic rings. The van der Waals surface area contributed by atoms with Crippen LogP contribution in [0.5, 0.6) is 5.75 Å². The molecule has 5 heteroatoms. The van der Waals surface area contributed by atoms with Gasteiger partial charge in [0.15, 0.2) is 6.19 Å². The van der Waals surface area contributed by atoms with Crippen LogP contribution in [-0.2, 0) is 4.79 Å². The lowest BCUT2D eigenvalue weighted by Gasteiger charge is -2.33. The van der Waals surface area contributed by atoms with Gasteiger partial charge in [0.2, 0.25) is 5.91 Å². The van der Waals surface area contributed by atoms with Crippen molar-refractivity contribution in [3.05, 3.63) is 59.3 Å². The zero-order valence-corrected chi connectivity index (χ0v) is 17.7. The maximum atomic E-state index is 12.9. The number of amides is 1. The first-order valence-electron chi connectivity index (χ1n) is 10.0. The molecule has 2 heterocycles. The number of carbonyl (C=O) groups is 1. The highest BCUT2D eigenvalue weighted by molar-refractivity contribution is 5.89. The van der Waals surface area contributed by atoms with Crippen LogP contribution >= 0.6 is 0 Å². The molecule has 1 N–H and O–H groups in total. The fraction of sp³-hybridized carbons (Fsp3) is 0.417. The Labute approximate surface area is 173 Å². The molecule has 1 spiro atoms. The van der Waals surface area contributed by atoms with E-state index < -0.39 is 5.41 Å². The van der Waals surface area contributed by atoms with E-state index in [0.29, 0.717) is 31.8 Å². The maximum absolute atomic E-state index is 12.9. The Bertz CT molecular complexity index is 936. The number of nitrogens with zero attached hydrogens (tertiary/aromatic N) is 2. The summed E-state index contributed by atoms with van der Waals surface area (Å²) < 4.78 is 5.57. The van der Waals surface area contributed by atoms with Crippen molar-refractivity contribution in [1.82, 2.24) is 10.2 Å². The largest absolute Gasteiger partial charge is 0.496 e. The molecule has 152 valence electrons. The topological polar surface area (TPSA) is 65.4 Å². The quantitative estimate of drug-likeness (QED) is 0.598. The Hall–Kier alpha value is -3.00. The number of methoxy groups -OCH3 is 1. The van der Waals surface area contributed by atoms with Crippen molar-refractivity contribution in [1.29, 1.82) is 5.26 Å². The SMILES string of the molecule is C=C/C(=C\C1=C(C)CC2(CCN(C#N)C2)C(=O)N1)c1cc(C(C)C)ccc1OC. The Balaban J connectivity index is 1.98. The van der Waals surface area contributed by atoms with E-state index >= 15 is 0 Å². The zero-order valence-electron chi connectivity index (χ0n) is 17.7. The molecular formula is C24H29N3O2. The zero-order chi connectivity index (χ0) is 21.2. The minimum Gasteiger partial charge on any atom is -0.496 e. The molecule has 2 aliphatic heterocycles. The normalized spacial score (nSPS) is 22.1. The molecule has 3 rings (SSSR count). The van der Waals surface area contributed by atoms with Crippen LogP contribution in [0.4, 0.5) is 0 Å². The second-order valence-corrected chi connectivity index (χ2v) is 8.30. The molecule has 1 fully saturated rings. The summed E-state index contributed by atoms with van der Waals surface area (Å²) >= 11 is 0. The van der Waals surface area contributed by atoms with Crippen molar-refractivity contribution in [3.8, 4) is 11.9 Å². The third kappa shape index (κ3) is 3.93. The number of benzene rings is 1. The van der Waals surface area contributed by atoms with E-state index in [1.54, 1.807) is 18.1 Å². The van der Waals surface area contributed by atoms with Crippen LogP contribution in [0.3, 0.4) is 0 Å². The van der Waals surface area contributed by atoms with Gasteiger partial charge in [0.05, 0.1) is 12.5 Å². The molecule has 1 aromatic rings. The number of nitrogens with one attached hydrogen (secondary N) is 1. The third-order valence-corrected chi connectivity index (χ3v) is 6.01. The highest BCUT2D eigenvalue weighted by atomic mass is 16.5. The van der Waals surface area contributed by atoms with Gasteiger partial charge >= 0.3 is 0 Å². The first kappa shape index (κ1) is 20.7. The molecule has 1 saturated heterocycles. The van der Waals surface area contributed by atoms with Crippen molar-refractivity contribution in [2.24, 2.45) is 5.41 Å². The van der Waals surface area contributed by atoms with Gasteiger partial charge in [-0.15, -0.1) is 0 Å². The summed E-state index contributed by atoms with van der Waals surface area (Å²) in [6.45, 7) is 11.5. The summed E-state index contributed by atoms with van der Waals surface area (Å²) in [5.41, 5.74) is 4.50. The lowest BCUT2D eigenvalue weighted by Crippen LogP contribution is -2.45. The Morgan fingerprint density at radius 1 is 1.45 bits per heavy atom. The first-order chi connectivity index (χ1) is 13.8. The molecule has 1 unspecified atom stereocenters. The Kier molecular flexibility index (Phi) is 5.83. The second kappa shape index (κ2) is 8.16. The number of likely N-dealkylation sites (tertiary alicyclic amines) is 1. The van der Waals surface area contributed by atoms with E-state index in [2.05, 4.69) is 44.1 Å². The van der Waals surface area contributed by atoms with Crippen molar-refractivity contribution in [3.63, 3.8) is 0 Å². The van der Waals surface area contributed by atoms with Gasteiger partial charge in [-0.3, -0.25) is 4.79 Å². The number of hydrogen-bond donors (Lipinski definition) is 1. The number of rotatable bonds is 5. The molecular weight excluding hydrogens is 362 g/mol. The van der Waals surface area contributed by atoms with Gasteiger partial charge in [0.25, 0.3) is 0 Å². The van der Waals surface area contributed by atoms with E-state index in [1.165, 1.54) is 5.56 Å². The van der Waals surface area contributed by atoms with Crippen LogP contribution in [0, 0.1) is 16.9 Å². The van der Waals surface area contributed by atoms with Crippen LogP contribution in [0.15, 0.2) is 48.2 Å². The summed E-state index contributed by atoms with van der Waals surface area (Å²) in [6, 6.07) is 6.18. The van der Waals surface area contributed by atoms with E-state index in [-0.39, 0.29) is 5.91 Å². The minimum absolute atomic E-state index is 0.00147. The summed E-state index contributed by atoms with van der Waals surface area (Å²) in [4.78, 5) is 14.6. The van der Waals surface area contributed by atoms with Gasteiger partial charge in [-0.2, -0.15) is 5.26 Å². The molecule has 1 aromatic carbocycles. The average molecular weight is 392 g/mol. The summed E-state index contributed by atoms with van der Waals surface area (Å²) in [6.07, 6.45) is 7.32. The lowest BCUT2D eigenvalue weighted by molar-refractivity contribution is -0.130. The van der Waals surface area contributed by atoms with Crippen LogP contribution in [0.1, 0.15) is 50.7 Å². The highest BCUT2D eigenvalue weighted by Crippen LogP contribution is 2.41. The highest BCUT2D eigenvalue weighted by Gasteiger charge is 2.47. The summed E-state index contributed by atoms with van der Waals surface area (Å²) in [5, 5.41) is 12.3. The molecule has 1 atom stereocenters. The van der Waals surface area contributed by atoms with E-state index in [1.807, 2.05) is 19.1 Å². The monoisotopic (exact) mass is 391 g/mol. The Morgan fingerprint density at radius 2 is 2.21 bits per heavy atom. The van der Waals surface area contributed by atoms with Gasteiger partial charge in [0, 0.05) is 24.4 Å². The fourth-order valence-corrected chi connectivity index (χ4v) is 4.20. The standard InChI is InChI=1S/C24H29N3O2/c1-6-18(20-11-19(16(2)3)7-8-22(20)29-5)12-21-17(4)13-24(23(28)26-21)9-10-27(14-24)15-25/h6-8,11-12,16H,1,9-10,13-14H2,2-5H3,(H,26,28)/b18-12+. The maximum Gasteiger partial charge on any atom is 0.232 e. The molecule has 1 amide bonds. The first-order valence-corrected chi connectivity index (χ1v) is 10.0. The van der Waals surface area contributed by atoms with Crippen molar-refractivity contribution in [2.45, 2.75) is 39.5 Å². The molecule has 29 heavy (non-hydrogen) atoms. The van der Waals surface area contributed by atoms with Crippen molar-refractivity contribution in [2.75, 3.05) is 20.2 Å². The van der Waals surface area contributed by atoms with E-state index in [9.17, 15) is 10.1 Å². The third-order valence-electron chi connectivity index (χ3n) is 6.01. The molecule has 0 aliphatic carbocycles. The lowest BCUT2D eigenvalue weighted by atomic mass is 9.77. The molecule has 0 aromatic heterocycles. The van der Waals surface area contributed by atoms with Crippen molar-refractivity contribution >= 4 is 11.5 Å². The number of hydrogen-bond acceptors (Lipinski definition) is 4. The van der Waals surface area contributed by atoms with Crippen LogP contribution < -0.4 is 10.1 Å². The van der Waals surface area contributed by atoms with Crippen LogP contribution in [-0.4, -0.2) is 31.0 Å². The minimum atomic E-state index is -0.499. The molecule has 0 saturated carbocycles. The van der Waals surface area contributed by atoms with Gasteiger partial charge in [-0.25, -0.2) is 0 Å². The van der Waals surface area contributed by atoms with Crippen LogP contribution in [0.25, 0.3) is 5.57 Å². The van der Waals surface area contributed by atoms with E-state index in [4.69, 9.17) is 4.74 Å². The van der Waals surface area contributed by atoms with Crippen LogP contribution in [0.2, 0.25) is 0 Å². The average Bonchev–Trinajstić information content (AvgIpc) is 3.13. The van der Waals surface area contributed by atoms with Gasteiger partial charge in [-0.05, 0) is 60.6 Å². The van der Waals surface area contributed by atoms with Gasteiger partial charge in [0.1, 0.15) is 5.75 Å². The van der Waals surface area contributed by atoms with Gasteiger partial charge in [-0.1, -0.05) is 32.6 Å².